The number of nitrogens with one attached hydrogen (secondary N) is 1. The second kappa shape index (κ2) is 5.30. The monoisotopic (exact) mass is 327 g/mol. The fourth-order valence-electron chi connectivity index (χ4n) is 2.03. The highest BCUT2D eigenvalue weighted by Crippen LogP contribution is 2.31. The van der Waals surface area contributed by atoms with Crippen LogP contribution < -0.4 is 5.32 Å². The molecule has 1 saturated heterocycles. The van der Waals surface area contributed by atoms with Crippen LogP contribution in [-0.2, 0) is 9.53 Å². The quantitative estimate of drug-likeness (QED) is 0.894. The molecule has 0 saturated carbocycles. The molecule has 6 heteroatoms. The Kier molecular flexibility index (Phi) is 3.91. The van der Waals surface area contributed by atoms with Crippen LogP contribution in [0.25, 0.3) is 0 Å². The zero-order valence-corrected chi connectivity index (χ0v) is 12.0. The van der Waals surface area contributed by atoms with Crippen molar-refractivity contribution in [1.82, 2.24) is 0 Å². The average Bonchev–Trinajstić information content (AvgIpc) is 2.79. The predicted molar refractivity (Wildman–Crippen MR) is 73.3 cm³/mol. The number of benzene rings is 1. The summed E-state index contributed by atoms with van der Waals surface area (Å²) in [6.07, 6.45) is 1.46. The van der Waals surface area contributed by atoms with Crippen LogP contribution in [0.4, 0.5) is 5.69 Å². The minimum atomic E-state index is -1.09. The van der Waals surface area contributed by atoms with Gasteiger partial charge in [-0.2, -0.15) is 0 Å². The lowest BCUT2D eigenvalue weighted by molar-refractivity contribution is -0.133. The van der Waals surface area contributed by atoms with Crippen molar-refractivity contribution in [2.45, 2.75) is 25.4 Å². The summed E-state index contributed by atoms with van der Waals surface area (Å²) in [5.41, 5.74) is -0.577. The van der Waals surface area contributed by atoms with Gasteiger partial charge in [0.15, 0.2) is 0 Å². The number of aromatic carboxylic acids is 1. The van der Waals surface area contributed by atoms with E-state index >= 15 is 0 Å². The van der Waals surface area contributed by atoms with Crippen LogP contribution in [0, 0.1) is 0 Å². The van der Waals surface area contributed by atoms with E-state index in [1.807, 2.05) is 0 Å². The van der Waals surface area contributed by atoms with Gasteiger partial charge in [-0.1, -0.05) is 6.07 Å². The van der Waals surface area contributed by atoms with E-state index in [1.54, 1.807) is 19.1 Å². The SMILES string of the molecule is CC1(C(=O)Nc2c(Br)cccc2C(=O)O)CCCO1. The van der Waals surface area contributed by atoms with E-state index in [2.05, 4.69) is 21.2 Å². The summed E-state index contributed by atoms with van der Waals surface area (Å²) in [6.45, 7) is 2.26. The van der Waals surface area contributed by atoms with Crippen LogP contribution in [0.5, 0.6) is 0 Å². The van der Waals surface area contributed by atoms with Gasteiger partial charge in [0.05, 0.1) is 11.3 Å². The number of carboxylic acids is 1. The highest BCUT2D eigenvalue weighted by Gasteiger charge is 2.38. The summed E-state index contributed by atoms with van der Waals surface area (Å²) in [5.74, 6) is -1.41. The Morgan fingerprint density at radius 1 is 1.47 bits per heavy atom. The highest BCUT2D eigenvalue weighted by molar-refractivity contribution is 9.10. The van der Waals surface area contributed by atoms with Gasteiger partial charge < -0.3 is 15.2 Å². The predicted octanol–water partition coefficient (Wildman–Crippen LogP) is 2.65. The van der Waals surface area contributed by atoms with Gasteiger partial charge in [0, 0.05) is 11.1 Å². The van der Waals surface area contributed by atoms with Crippen molar-refractivity contribution in [2.24, 2.45) is 0 Å². The third-order valence-corrected chi connectivity index (χ3v) is 3.84. The fourth-order valence-corrected chi connectivity index (χ4v) is 2.50. The number of carbonyl (C=O) groups excluding carboxylic acids is 1. The lowest BCUT2D eigenvalue weighted by Crippen LogP contribution is -2.39. The van der Waals surface area contributed by atoms with Gasteiger partial charge in [0.2, 0.25) is 0 Å². The minimum Gasteiger partial charge on any atom is -0.478 e. The number of ether oxygens (including phenoxy) is 1. The molecule has 0 aliphatic carbocycles. The molecule has 2 rings (SSSR count). The number of amides is 1. The number of hydrogen-bond donors (Lipinski definition) is 2. The van der Waals surface area contributed by atoms with E-state index < -0.39 is 11.6 Å². The molecule has 5 nitrogen and oxygen atoms in total. The number of halogens is 1. The summed E-state index contributed by atoms with van der Waals surface area (Å²) in [7, 11) is 0. The van der Waals surface area contributed by atoms with Crippen LogP contribution in [0.1, 0.15) is 30.1 Å². The Hall–Kier alpha value is -1.40. The largest absolute Gasteiger partial charge is 0.478 e. The second-order valence-electron chi connectivity index (χ2n) is 4.60. The fraction of sp³-hybridized carbons (Fsp3) is 0.385. The molecule has 102 valence electrons. The van der Waals surface area contributed by atoms with Gasteiger partial charge in [-0.25, -0.2) is 4.79 Å². The van der Waals surface area contributed by atoms with Crippen molar-refractivity contribution in [3.63, 3.8) is 0 Å². The molecule has 0 spiro atoms. The maximum Gasteiger partial charge on any atom is 0.337 e. The summed E-state index contributed by atoms with van der Waals surface area (Å²) >= 11 is 3.25. The molecule has 1 aromatic rings. The van der Waals surface area contributed by atoms with E-state index in [4.69, 9.17) is 9.84 Å². The lowest BCUT2D eigenvalue weighted by atomic mass is 10.0. The third-order valence-electron chi connectivity index (χ3n) is 3.18. The van der Waals surface area contributed by atoms with Gasteiger partial charge in [0.1, 0.15) is 5.60 Å². The number of para-hydroxylation sites is 1. The number of anilines is 1. The van der Waals surface area contributed by atoms with Crippen molar-refractivity contribution >= 4 is 33.5 Å². The number of hydrogen-bond acceptors (Lipinski definition) is 3. The zero-order valence-electron chi connectivity index (χ0n) is 10.4. The molecule has 1 unspecified atom stereocenters. The molecule has 1 fully saturated rings. The van der Waals surface area contributed by atoms with Crippen molar-refractivity contribution in [1.29, 1.82) is 0 Å². The first-order chi connectivity index (χ1) is 8.94. The van der Waals surface area contributed by atoms with Gasteiger partial charge in [0.25, 0.3) is 5.91 Å². The summed E-state index contributed by atoms with van der Waals surface area (Å²) in [6, 6.07) is 4.73. The lowest BCUT2D eigenvalue weighted by Gasteiger charge is -2.22. The van der Waals surface area contributed by atoms with Gasteiger partial charge in [-0.3, -0.25) is 4.79 Å². The van der Waals surface area contributed by atoms with Gasteiger partial charge in [-0.05, 0) is 47.8 Å². The van der Waals surface area contributed by atoms with Crippen LogP contribution in [0.2, 0.25) is 0 Å². The first-order valence-corrected chi connectivity index (χ1v) is 6.70. The standard InChI is InChI=1S/C13H14BrNO4/c1-13(6-3-7-19-13)12(18)15-10-8(11(16)17)4-2-5-9(10)14/h2,4-5H,3,6-7H2,1H3,(H,15,18)(H,16,17). The maximum absolute atomic E-state index is 12.2. The van der Waals surface area contributed by atoms with Gasteiger partial charge in [-0.15, -0.1) is 0 Å². The van der Waals surface area contributed by atoms with Gasteiger partial charge >= 0.3 is 5.97 Å². The average molecular weight is 328 g/mol. The van der Waals surface area contributed by atoms with E-state index in [0.717, 1.165) is 6.42 Å². The van der Waals surface area contributed by atoms with E-state index in [1.165, 1.54) is 6.07 Å². The third kappa shape index (κ3) is 2.79. The van der Waals surface area contributed by atoms with Crippen molar-refractivity contribution in [3.05, 3.63) is 28.2 Å². The van der Waals surface area contributed by atoms with Crippen molar-refractivity contribution in [2.75, 3.05) is 11.9 Å². The summed E-state index contributed by atoms with van der Waals surface area (Å²) in [4.78, 5) is 23.4. The minimum absolute atomic E-state index is 0.0457. The van der Waals surface area contributed by atoms with E-state index in [-0.39, 0.29) is 17.2 Å². The molecule has 0 bridgehead atoms. The molecule has 2 N–H and O–H groups in total. The Morgan fingerprint density at radius 2 is 2.21 bits per heavy atom. The number of carboxylic acid groups (broad SMARTS) is 1. The zero-order chi connectivity index (χ0) is 14.0. The molecule has 1 aliphatic rings. The first kappa shape index (κ1) is 14.0. The molecule has 1 heterocycles. The normalized spacial score (nSPS) is 22.2. The molecule has 19 heavy (non-hydrogen) atoms. The maximum atomic E-state index is 12.2. The topological polar surface area (TPSA) is 75.6 Å². The number of carbonyl (C=O) groups is 2. The summed E-state index contributed by atoms with van der Waals surface area (Å²) in [5, 5.41) is 11.8. The first-order valence-electron chi connectivity index (χ1n) is 5.91. The Morgan fingerprint density at radius 3 is 2.79 bits per heavy atom. The van der Waals surface area contributed by atoms with Crippen molar-refractivity contribution in [3.8, 4) is 0 Å². The Balaban J connectivity index is 2.28. The van der Waals surface area contributed by atoms with Crippen LogP contribution in [0.15, 0.2) is 22.7 Å². The molecule has 1 atom stereocenters. The Labute approximate surface area is 119 Å². The molecule has 0 aromatic heterocycles. The van der Waals surface area contributed by atoms with Crippen LogP contribution in [0.3, 0.4) is 0 Å². The summed E-state index contributed by atoms with van der Waals surface area (Å²) < 4.78 is 5.97. The molecule has 1 amide bonds. The van der Waals surface area contributed by atoms with Crippen molar-refractivity contribution < 1.29 is 19.4 Å². The molecule has 1 aromatic carbocycles. The highest BCUT2D eigenvalue weighted by atomic mass is 79.9. The Bertz CT molecular complexity index is 523. The second-order valence-corrected chi connectivity index (χ2v) is 5.46. The molecular formula is C13H14BrNO4. The van der Waals surface area contributed by atoms with Crippen LogP contribution in [-0.4, -0.2) is 29.2 Å². The van der Waals surface area contributed by atoms with Crippen LogP contribution >= 0.6 is 15.9 Å². The molecular weight excluding hydrogens is 314 g/mol. The number of rotatable bonds is 3. The smallest absolute Gasteiger partial charge is 0.337 e. The van der Waals surface area contributed by atoms with E-state index in [9.17, 15) is 9.59 Å². The molecule has 0 radical (unpaired) electrons. The van der Waals surface area contributed by atoms with E-state index in [0.29, 0.717) is 17.5 Å². The molecule has 1 aliphatic heterocycles.